The maximum Gasteiger partial charge on any atom is 0.257 e. The Kier molecular flexibility index (Phi) is 10.7. The van der Waals surface area contributed by atoms with E-state index in [1.165, 1.54) is 36.7 Å². The predicted octanol–water partition coefficient (Wildman–Crippen LogP) is 5.75. The SMILES string of the molecule is CCN(C(=O)c1cc(F)ccc1Oc1cncnc1N1CC2(CCN(C[C@@]3(C)CC[C@@H](NS(=O)(=O)c4cccc(Cl)c4)CO3)CC2)C1)C(C)C. The summed E-state index contributed by atoms with van der Waals surface area (Å²) in [5.74, 6) is 0.528. The van der Waals surface area contributed by atoms with Gasteiger partial charge in [-0.2, -0.15) is 0 Å². The highest BCUT2D eigenvalue weighted by Gasteiger charge is 2.47. The summed E-state index contributed by atoms with van der Waals surface area (Å²) in [4.78, 5) is 28.5. The molecule has 0 aliphatic carbocycles. The number of carbonyl (C=O) groups excluding carboxylic acids is 1. The van der Waals surface area contributed by atoms with E-state index in [2.05, 4.69) is 31.4 Å². The second kappa shape index (κ2) is 14.7. The summed E-state index contributed by atoms with van der Waals surface area (Å²) < 4.78 is 55.4. The van der Waals surface area contributed by atoms with Crippen molar-refractivity contribution in [3.05, 3.63) is 71.4 Å². The van der Waals surface area contributed by atoms with Crippen molar-refractivity contribution < 1.29 is 27.1 Å². The van der Waals surface area contributed by atoms with Crippen LogP contribution in [0.15, 0.2) is 59.9 Å². The molecule has 11 nitrogen and oxygen atoms in total. The molecule has 14 heteroatoms. The number of hydrogen-bond acceptors (Lipinski definition) is 9. The number of benzene rings is 2. The smallest absolute Gasteiger partial charge is 0.257 e. The molecule has 6 rings (SSSR count). The molecule has 1 aromatic heterocycles. The Hall–Kier alpha value is -3.36. The zero-order valence-corrected chi connectivity index (χ0v) is 30.6. The van der Waals surface area contributed by atoms with Crippen molar-refractivity contribution in [1.82, 2.24) is 24.5 Å². The van der Waals surface area contributed by atoms with Gasteiger partial charge in [0.25, 0.3) is 5.91 Å². The summed E-state index contributed by atoms with van der Waals surface area (Å²) in [5.41, 5.74) is -0.0365. The molecule has 1 amide bonds. The molecule has 3 aliphatic rings. The molecule has 0 saturated carbocycles. The van der Waals surface area contributed by atoms with E-state index in [-0.39, 0.29) is 45.2 Å². The van der Waals surface area contributed by atoms with Crippen LogP contribution < -0.4 is 14.4 Å². The van der Waals surface area contributed by atoms with Crippen LogP contribution in [0.4, 0.5) is 10.2 Å². The molecule has 1 spiro atoms. The summed E-state index contributed by atoms with van der Waals surface area (Å²) in [6.07, 6.45) is 6.57. The Labute approximate surface area is 299 Å². The molecule has 50 heavy (non-hydrogen) atoms. The molecule has 0 radical (unpaired) electrons. The fourth-order valence-corrected chi connectivity index (χ4v) is 8.91. The van der Waals surface area contributed by atoms with Gasteiger partial charge in [-0.15, -0.1) is 0 Å². The van der Waals surface area contributed by atoms with Crippen molar-refractivity contribution in [1.29, 1.82) is 0 Å². The minimum atomic E-state index is -3.69. The number of nitrogens with one attached hydrogen (secondary N) is 1. The number of nitrogens with zero attached hydrogens (tertiary/aromatic N) is 5. The van der Waals surface area contributed by atoms with Crippen molar-refractivity contribution in [2.75, 3.05) is 50.8 Å². The maximum absolute atomic E-state index is 14.3. The number of hydrogen-bond donors (Lipinski definition) is 1. The molecule has 0 unspecified atom stereocenters. The van der Waals surface area contributed by atoms with Gasteiger partial charge in [0.2, 0.25) is 10.0 Å². The van der Waals surface area contributed by atoms with Gasteiger partial charge in [0.15, 0.2) is 11.6 Å². The number of sulfonamides is 1. The first-order chi connectivity index (χ1) is 23.8. The van der Waals surface area contributed by atoms with Crippen LogP contribution in [0, 0.1) is 11.2 Å². The quantitative estimate of drug-likeness (QED) is 0.264. The lowest BCUT2D eigenvalue weighted by Crippen LogP contribution is -2.62. The van der Waals surface area contributed by atoms with Crippen LogP contribution in [0.25, 0.3) is 0 Å². The molecule has 0 bridgehead atoms. The number of halogens is 2. The first kappa shape index (κ1) is 36.4. The molecule has 3 fully saturated rings. The van der Waals surface area contributed by atoms with E-state index >= 15 is 0 Å². The van der Waals surface area contributed by atoms with Crippen molar-refractivity contribution in [3.63, 3.8) is 0 Å². The third-order valence-corrected chi connectivity index (χ3v) is 11.9. The van der Waals surface area contributed by atoms with Crippen molar-refractivity contribution in [2.45, 2.75) is 76.0 Å². The number of aromatic nitrogens is 2. The molecule has 2 atom stereocenters. The Balaban J connectivity index is 1.02. The molecule has 2 aromatic carbocycles. The molecular formula is C36H46ClFN6O5S. The predicted molar refractivity (Wildman–Crippen MR) is 190 cm³/mol. The number of amides is 1. The second-order valence-corrected chi connectivity index (χ2v) is 16.5. The molecular weight excluding hydrogens is 683 g/mol. The van der Waals surface area contributed by atoms with E-state index in [1.807, 2.05) is 20.8 Å². The normalized spacial score (nSPS) is 22.4. The van der Waals surface area contributed by atoms with Crippen LogP contribution in [0.5, 0.6) is 11.5 Å². The molecule has 1 N–H and O–H groups in total. The van der Waals surface area contributed by atoms with Crippen LogP contribution >= 0.6 is 11.6 Å². The molecule has 270 valence electrons. The molecule has 3 aromatic rings. The average Bonchev–Trinajstić information content (AvgIpc) is 3.06. The highest BCUT2D eigenvalue weighted by molar-refractivity contribution is 7.89. The summed E-state index contributed by atoms with van der Waals surface area (Å²) in [5, 5.41) is 0.376. The van der Waals surface area contributed by atoms with Gasteiger partial charge in [0.05, 0.1) is 28.9 Å². The zero-order valence-electron chi connectivity index (χ0n) is 29.1. The van der Waals surface area contributed by atoms with Crippen LogP contribution in [-0.4, -0.2) is 97.7 Å². The minimum Gasteiger partial charge on any atom is -0.451 e. The summed E-state index contributed by atoms with van der Waals surface area (Å²) in [6.45, 7) is 13.0. The summed E-state index contributed by atoms with van der Waals surface area (Å²) >= 11 is 6.01. The van der Waals surface area contributed by atoms with Gasteiger partial charge >= 0.3 is 0 Å². The largest absolute Gasteiger partial charge is 0.451 e. The number of rotatable bonds is 11. The van der Waals surface area contributed by atoms with Gasteiger partial charge in [-0.05, 0) is 103 Å². The fourth-order valence-electron chi connectivity index (χ4n) is 7.36. The first-order valence-electron chi connectivity index (χ1n) is 17.3. The van der Waals surface area contributed by atoms with Crippen LogP contribution in [0.2, 0.25) is 5.02 Å². The van der Waals surface area contributed by atoms with E-state index in [4.69, 9.17) is 21.1 Å². The number of likely N-dealkylation sites (tertiary alicyclic amines) is 1. The van der Waals surface area contributed by atoms with Gasteiger partial charge in [0.1, 0.15) is 17.9 Å². The Morgan fingerprint density at radius 3 is 2.58 bits per heavy atom. The van der Waals surface area contributed by atoms with Crippen LogP contribution in [-0.2, 0) is 14.8 Å². The van der Waals surface area contributed by atoms with E-state index in [1.54, 1.807) is 23.2 Å². The standard InChI is InChI=1S/C36H46ClFN6O5S/c1-5-44(25(2)3)34(45)30-18-27(38)9-10-31(30)49-32-19-39-24-40-33(32)43-22-36(23-43)13-15-42(16-14-36)21-35(4)12-11-28(20-48-35)41-50(46,47)29-8-6-7-26(37)17-29/h6-10,17-19,24-25,28,41H,5,11-16,20-23H2,1-4H3/t28-,35-/m1/s1. The third-order valence-electron chi connectivity index (χ3n) is 10.2. The van der Waals surface area contributed by atoms with Crippen molar-refractivity contribution in [2.24, 2.45) is 5.41 Å². The molecule has 3 aliphatic heterocycles. The van der Waals surface area contributed by atoms with Crippen LogP contribution in [0.3, 0.4) is 0 Å². The monoisotopic (exact) mass is 728 g/mol. The highest BCUT2D eigenvalue weighted by Crippen LogP contribution is 2.45. The van der Waals surface area contributed by atoms with Gasteiger partial charge in [-0.25, -0.2) is 27.5 Å². The number of carbonyl (C=O) groups is 1. The topological polar surface area (TPSA) is 117 Å². The third kappa shape index (κ3) is 8.07. The van der Waals surface area contributed by atoms with Gasteiger partial charge < -0.3 is 24.2 Å². The highest BCUT2D eigenvalue weighted by atomic mass is 35.5. The lowest BCUT2D eigenvalue weighted by atomic mass is 9.71. The van der Waals surface area contributed by atoms with Gasteiger partial charge in [-0.1, -0.05) is 17.7 Å². The Bertz CT molecular complexity index is 1790. The lowest BCUT2D eigenvalue weighted by molar-refractivity contribution is -0.0978. The van der Waals surface area contributed by atoms with Gasteiger partial charge in [-0.3, -0.25) is 4.79 Å². The molecule has 3 saturated heterocycles. The van der Waals surface area contributed by atoms with E-state index in [0.717, 1.165) is 52.0 Å². The van der Waals surface area contributed by atoms with E-state index in [0.29, 0.717) is 36.2 Å². The van der Waals surface area contributed by atoms with Crippen molar-refractivity contribution >= 4 is 33.3 Å². The molecule has 4 heterocycles. The van der Waals surface area contributed by atoms with E-state index in [9.17, 15) is 17.6 Å². The number of ether oxygens (including phenoxy) is 2. The number of piperidine rings is 1. The van der Waals surface area contributed by atoms with Crippen molar-refractivity contribution in [3.8, 4) is 11.5 Å². The minimum absolute atomic E-state index is 0.0530. The zero-order chi connectivity index (χ0) is 35.7. The fraction of sp³-hybridized carbons (Fsp3) is 0.528. The Morgan fingerprint density at radius 1 is 1.16 bits per heavy atom. The summed E-state index contributed by atoms with van der Waals surface area (Å²) in [7, 11) is -3.69. The number of anilines is 1. The Morgan fingerprint density at radius 2 is 1.92 bits per heavy atom. The maximum atomic E-state index is 14.3. The first-order valence-corrected chi connectivity index (χ1v) is 19.1. The van der Waals surface area contributed by atoms with Gasteiger partial charge in [0, 0.05) is 48.7 Å². The second-order valence-electron chi connectivity index (χ2n) is 14.3. The lowest BCUT2D eigenvalue weighted by Gasteiger charge is -2.55. The average molecular weight is 729 g/mol. The summed E-state index contributed by atoms with van der Waals surface area (Å²) in [6, 6.07) is 9.90. The van der Waals surface area contributed by atoms with Crippen LogP contribution in [0.1, 0.15) is 63.7 Å². The van der Waals surface area contributed by atoms with E-state index < -0.39 is 15.8 Å².